The summed E-state index contributed by atoms with van der Waals surface area (Å²) in [4.78, 5) is 0. The first-order valence-electron chi connectivity index (χ1n) is 5.65. The number of hydrogen-bond acceptors (Lipinski definition) is 2. The van der Waals surface area contributed by atoms with Crippen molar-refractivity contribution in [2.45, 2.75) is 38.4 Å². The SMILES string of the molecule is COC(C)(C)CCC(O)c1ccc(F)c(F)c1F. The van der Waals surface area contributed by atoms with Crippen LogP contribution in [0.5, 0.6) is 0 Å². The predicted octanol–water partition coefficient (Wildman–Crippen LogP) is 3.34. The average Bonchev–Trinajstić information content (AvgIpc) is 2.33. The Morgan fingerprint density at radius 1 is 1.22 bits per heavy atom. The number of hydrogen-bond donors (Lipinski definition) is 1. The quantitative estimate of drug-likeness (QED) is 0.825. The Kier molecular flexibility index (Phi) is 4.76. The Morgan fingerprint density at radius 3 is 2.39 bits per heavy atom. The van der Waals surface area contributed by atoms with E-state index in [0.717, 1.165) is 12.1 Å². The van der Waals surface area contributed by atoms with E-state index in [4.69, 9.17) is 4.74 Å². The molecule has 1 aromatic carbocycles. The Labute approximate surface area is 104 Å². The molecule has 102 valence electrons. The third-order valence-electron chi connectivity index (χ3n) is 3.00. The maximum atomic E-state index is 13.4. The molecule has 0 bridgehead atoms. The number of aliphatic hydroxyl groups is 1. The van der Waals surface area contributed by atoms with Crippen LogP contribution in [0.3, 0.4) is 0 Å². The largest absolute Gasteiger partial charge is 0.388 e. The van der Waals surface area contributed by atoms with Crippen LogP contribution in [0.2, 0.25) is 0 Å². The molecule has 0 aliphatic rings. The second-order valence-corrected chi connectivity index (χ2v) is 4.78. The molecule has 1 rings (SSSR count). The van der Waals surface area contributed by atoms with Crippen LogP contribution in [0, 0.1) is 17.5 Å². The van der Waals surface area contributed by atoms with Gasteiger partial charge < -0.3 is 9.84 Å². The molecule has 0 aromatic heterocycles. The topological polar surface area (TPSA) is 29.5 Å². The van der Waals surface area contributed by atoms with Crippen molar-refractivity contribution in [2.24, 2.45) is 0 Å². The lowest BCUT2D eigenvalue weighted by Gasteiger charge is -2.24. The van der Waals surface area contributed by atoms with Crippen LogP contribution >= 0.6 is 0 Å². The van der Waals surface area contributed by atoms with E-state index in [-0.39, 0.29) is 12.0 Å². The highest BCUT2D eigenvalue weighted by Gasteiger charge is 2.23. The van der Waals surface area contributed by atoms with Gasteiger partial charge in [0.15, 0.2) is 17.5 Å². The summed E-state index contributed by atoms with van der Waals surface area (Å²) in [6.07, 6.45) is -0.527. The lowest BCUT2D eigenvalue weighted by atomic mass is 9.96. The molecule has 0 radical (unpaired) electrons. The summed E-state index contributed by atoms with van der Waals surface area (Å²) in [5.41, 5.74) is -0.698. The van der Waals surface area contributed by atoms with Crippen LogP contribution in [0.25, 0.3) is 0 Å². The molecule has 0 spiro atoms. The van der Waals surface area contributed by atoms with Gasteiger partial charge in [0, 0.05) is 12.7 Å². The van der Waals surface area contributed by atoms with Gasteiger partial charge in [0.2, 0.25) is 0 Å². The summed E-state index contributed by atoms with van der Waals surface area (Å²) < 4.78 is 44.3. The highest BCUT2D eigenvalue weighted by molar-refractivity contribution is 5.22. The van der Waals surface area contributed by atoms with E-state index >= 15 is 0 Å². The average molecular weight is 262 g/mol. The van der Waals surface area contributed by atoms with E-state index < -0.39 is 29.2 Å². The summed E-state index contributed by atoms with van der Waals surface area (Å²) in [5, 5.41) is 9.79. The van der Waals surface area contributed by atoms with E-state index in [1.807, 2.05) is 13.8 Å². The number of methoxy groups -OCH3 is 1. The molecular formula is C13H17F3O2. The minimum atomic E-state index is -1.56. The van der Waals surface area contributed by atoms with Crippen LogP contribution in [-0.4, -0.2) is 17.8 Å². The molecule has 1 unspecified atom stereocenters. The number of benzene rings is 1. The van der Waals surface area contributed by atoms with Gasteiger partial charge in [-0.15, -0.1) is 0 Å². The van der Waals surface area contributed by atoms with Gasteiger partial charge in [0.25, 0.3) is 0 Å². The summed E-state index contributed by atoms with van der Waals surface area (Å²) in [5.74, 6) is -4.16. The van der Waals surface area contributed by atoms with Crippen molar-refractivity contribution >= 4 is 0 Å². The van der Waals surface area contributed by atoms with Gasteiger partial charge in [-0.2, -0.15) is 0 Å². The molecule has 0 heterocycles. The fraction of sp³-hybridized carbons (Fsp3) is 0.538. The van der Waals surface area contributed by atoms with Gasteiger partial charge in [-0.05, 0) is 32.8 Å². The van der Waals surface area contributed by atoms with Crippen molar-refractivity contribution in [2.75, 3.05) is 7.11 Å². The maximum absolute atomic E-state index is 13.4. The molecule has 5 heteroatoms. The molecule has 0 aliphatic carbocycles. The zero-order chi connectivity index (χ0) is 13.9. The fourth-order valence-electron chi connectivity index (χ4n) is 1.54. The van der Waals surface area contributed by atoms with Gasteiger partial charge in [0.05, 0.1) is 11.7 Å². The first kappa shape index (κ1) is 15.0. The van der Waals surface area contributed by atoms with Crippen LogP contribution in [0.4, 0.5) is 13.2 Å². The monoisotopic (exact) mass is 262 g/mol. The van der Waals surface area contributed by atoms with E-state index in [2.05, 4.69) is 0 Å². The number of halogens is 3. The molecule has 1 N–H and O–H groups in total. The van der Waals surface area contributed by atoms with Crippen LogP contribution < -0.4 is 0 Å². The highest BCUT2D eigenvalue weighted by atomic mass is 19.2. The summed E-state index contributed by atoms with van der Waals surface area (Å²) in [7, 11) is 1.53. The van der Waals surface area contributed by atoms with E-state index in [1.54, 1.807) is 0 Å². The summed E-state index contributed by atoms with van der Waals surface area (Å²) in [6, 6.07) is 1.86. The van der Waals surface area contributed by atoms with Gasteiger partial charge in [-0.3, -0.25) is 0 Å². The van der Waals surface area contributed by atoms with Crippen molar-refractivity contribution in [1.82, 2.24) is 0 Å². The van der Waals surface area contributed by atoms with Gasteiger partial charge in [0.1, 0.15) is 0 Å². The molecule has 1 atom stereocenters. The predicted molar refractivity (Wildman–Crippen MR) is 61.6 cm³/mol. The van der Waals surface area contributed by atoms with Crippen LogP contribution in [0.1, 0.15) is 38.4 Å². The summed E-state index contributed by atoms with van der Waals surface area (Å²) in [6.45, 7) is 3.64. The minimum absolute atomic E-state index is 0.197. The molecule has 0 saturated carbocycles. The standard InChI is InChI=1S/C13H17F3O2/c1-13(2,18-3)7-6-10(17)8-4-5-9(14)12(16)11(8)15/h4-5,10,17H,6-7H2,1-3H3. The zero-order valence-corrected chi connectivity index (χ0v) is 10.6. The zero-order valence-electron chi connectivity index (χ0n) is 10.6. The summed E-state index contributed by atoms with van der Waals surface area (Å²) >= 11 is 0. The molecule has 0 saturated heterocycles. The van der Waals surface area contributed by atoms with Crippen molar-refractivity contribution in [3.8, 4) is 0 Å². The van der Waals surface area contributed by atoms with E-state index in [9.17, 15) is 18.3 Å². The number of rotatable bonds is 5. The Balaban J connectivity index is 2.79. The van der Waals surface area contributed by atoms with E-state index in [0.29, 0.717) is 6.42 Å². The van der Waals surface area contributed by atoms with Crippen molar-refractivity contribution in [1.29, 1.82) is 0 Å². The minimum Gasteiger partial charge on any atom is -0.388 e. The first-order chi connectivity index (χ1) is 8.28. The van der Waals surface area contributed by atoms with Crippen LogP contribution in [0.15, 0.2) is 12.1 Å². The lowest BCUT2D eigenvalue weighted by Crippen LogP contribution is -2.23. The Bertz CT molecular complexity index is 419. The van der Waals surface area contributed by atoms with Crippen molar-refractivity contribution in [3.05, 3.63) is 35.1 Å². The Hall–Kier alpha value is -1.07. The fourth-order valence-corrected chi connectivity index (χ4v) is 1.54. The molecule has 0 aliphatic heterocycles. The van der Waals surface area contributed by atoms with Crippen molar-refractivity contribution in [3.63, 3.8) is 0 Å². The van der Waals surface area contributed by atoms with Crippen molar-refractivity contribution < 1.29 is 23.0 Å². The van der Waals surface area contributed by atoms with Crippen LogP contribution in [-0.2, 0) is 4.74 Å². The molecule has 2 nitrogen and oxygen atoms in total. The second-order valence-electron chi connectivity index (χ2n) is 4.78. The molecule has 0 amide bonds. The lowest BCUT2D eigenvalue weighted by molar-refractivity contribution is 0.00241. The van der Waals surface area contributed by atoms with E-state index in [1.165, 1.54) is 7.11 Å². The maximum Gasteiger partial charge on any atom is 0.194 e. The molecular weight excluding hydrogens is 245 g/mol. The third-order valence-corrected chi connectivity index (χ3v) is 3.00. The van der Waals surface area contributed by atoms with Gasteiger partial charge in [-0.1, -0.05) is 6.07 Å². The molecule has 18 heavy (non-hydrogen) atoms. The number of aliphatic hydroxyl groups excluding tert-OH is 1. The highest BCUT2D eigenvalue weighted by Crippen LogP contribution is 2.27. The Morgan fingerprint density at radius 2 is 1.83 bits per heavy atom. The smallest absolute Gasteiger partial charge is 0.194 e. The van der Waals surface area contributed by atoms with Gasteiger partial charge in [-0.25, -0.2) is 13.2 Å². The first-order valence-corrected chi connectivity index (χ1v) is 5.65. The molecule has 1 aromatic rings. The second kappa shape index (κ2) is 5.71. The van der Waals surface area contributed by atoms with Gasteiger partial charge >= 0.3 is 0 Å². The number of ether oxygens (including phenoxy) is 1. The normalized spacial score (nSPS) is 13.7. The third kappa shape index (κ3) is 3.46. The molecule has 0 fully saturated rings.